The van der Waals surface area contributed by atoms with Crippen molar-refractivity contribution in [3.05, 3.63) is 70.4 Å². The number of hydrogen-bond donors (Lipinski definition) is 0. The third-order valence-corrected chi connectivity index (χ3v) is 6.04. The smallest absolute Gasteiger partial charge is 0.349 e. The number of benzene rings is 2. The Kier molecular flexibility index (Phi) is 7.18. The normalized spacial score (nSPS) is 12.0. The average molecular weight is 430 g/mol. The minimum absolute atomic E-state index is 0.0609. The summed E-state index contributed by atoms with van der Waals surface area (Å²) in [6, 6.07) is 13.6. The summed E-state index contributed by atoms with van der Waals surface area (Å²) in [5.41, 5.74) is 1.02. The predicted octanol–water partition coefficient (Wildman–Crippen LogP) is 4.95. The van der Waals surface area contributed by atoms with Crippen molar-refractivity contribution in [2.75, 3.05) is 20.2 Å². The molecule has 0 aliphatic heterocycles. The molecule has 1 amide bonds. The van der Waals surface area contributed by atoms with Crippen LogP contribution in [-0.4, -0.2) is 37.0 Å². The lowest BCUT2D eigenvalue weighted by Crippen LogP contribution is -2.36. The van der Waals surface area contributed by atoms with Gasteiger partial charge >= 0.3 is 5.97 Å². The molecule has 2 aromatic carbocycles. The molecule has 1 heterocycles. The Morgan fingerprint density at radius 3 is 2.40 bits per heavy atom. The number of amides is 1. The first-order valence-corrected chi connectivity index (χ1v) is 10.6. The van der Waals surface area contributed by atoms with Crippen molar-refractivity contribution in [2.45, 2.75) is 26.6 Å². The van der Waals surface area contributed by atoms with Crippen molar-refractivity contribution >= 4 is 33.3 Å². The number of carbonyl (C=O) groups is 2. The molecule has 0 aliphatic rings. The molecule has 3 rings (SSSR count). The highest BCUT2D eigenvalue weighted by molar-refractivity contribution is 7.21. The summed E-state index contributed by atoms with van der Waals surface area (Å²) >= 11 is 1.14. The van der Waals surface area contributed by atoms with E-state index in [2.05, 4.69) is 0 Å². The van der Waals surface area contributed by atoms with Gasteiger partial charge in [0.25, 0.3) is 5.91 Å². The SMILES string of the molecule is CCN(CC)C(=O)[C@@H](OC(=O)c1sc2cccc(F)c2c1COC)c1ccccc1. The molecule has 0 unspecified atom stereocenters. The lowest BCUT2D eigenvalue weighted by atomic mass is 10.1. The van der Waals surface area contributed by atoms with Crippen LogP contribution >= 0.6 is 11.3 Å². The fourth-order valence-electron chi connectivity index (χ4n) is 3.36. The first-order valence-electron chi connectivity index (χ1n) is 9.75. The van der Waals surface area contributed by atoms with Gasteiger partial charge in [0.1, 0.15) is 10.7 Å². The second-order valence-electron chi connectivity index (χ2n) is 6.66. The molecular formula is C23H24FNO4S. The molecule has 0 N–H and O–H groups in total. The van der Waals surface area contributed by atoms with Crippen LogP contribution in [0.5, 0.6) is 0 Å². The van der Waals surface area contributed by atoms with Crippen molar-refractivity contribution in [3.63, 3.8) is 0 Å². The summed E-state index contributed by atoms with van der Waals surface area (Å²) in [5.74, 6) is -1.38. The average Bonchev–Trinajstić information content (AvgIpc) is 3.13. The zero-order valence-corrected chi connectivity index (χ0v) is 18.0. The molecule has 3 aromatic rings. The Balaban J connectivity index is 2.01. The van der Waals surface area contributed by atoms with E-state index in [1.54, 1.807) is 41.3 Å². The number of esters is 1. The third-order valence-electron chi connectivity index (χ3n) is 4.86. The van der Waals surface area contributed by atoms with Gasteiger partial charge in [0.2, 0.25) is 6.10 Å². The number of nitrogens with zero attached hydrogens (tertiary/aromatic N) is 1. The number of likely N-dealkylation sites (N-methyl/N-ethyl adjacent to an activating group) is 1. The van der Waals surface area contributed by atoms with E-state index in [1.807, 2.05) is 19.9 Å². The second-order valence-corrected chi connectivity index (χ2v) is 7.71. The predicted molar refractivity (Wildman–Crippen MR) is 115 cm³/mol. The topological polar surface area (TPSA) is 55.8 Å². The zero-order chi connectivity index (χ0) is 21.7. The Hall–Kier alpha value is -2.77. The highest BCUT2D eigenvalue weighted by Crippen LogP contribution is 2.35. The summed E-state index contributed by atoms with van der Waals surface area (Å²) in [4.78, 5) is 28.1. The highest BCUT2D eigenvalue weighted by Gasteiger charge is 2.31. The largest absolute Gasteiger partial charge is 0.443 e. The summed E-state index contributed by atoms with van der Waals surface area (Å²) in [5, 5.41) is 0.350. The number of halogens is 1. The molecule has 30 heavy (non-hydrogen) atoms. The Morgan fingerprint density at radius 2 is 1.77 bits per heavy atom. The summed E-state index contributed by atoms with van der Waals surface area (Å²) in [6.45, 7) is 4.80. The van der Waals surface area contributed by atoms with Crippen molar-refractivity contribution in [3.8, 4) is 0 Å². The van der Waals surface area contributed by atoms with Crippen LogP contribution in [0.3, 0.4) is 0 Å². The molecule has 1 aromatic heterocycles. The monoisotopic (exact) mass is 429 g/mol. The van der Waals surface area contributed by atoms with Gasteiger partial charge in [-0.05, 0) is 26.0 Å². The fraction of sp³-hybridized carbons (Fsp3) is 0.304. The summed E-state index contributed by atoms with van der Waals surface area (Å²) < 4.78 is 26.0. The highest BCUT2D eigenvalue weighted by atomic mass is 32.1. The van der Waals surface area contributed by atoms with Crippen LogP contribution in [0.25, 0.3) is 10.1 Å². The summed E-state index contributed by atoms with van der Waals surface area (Å²) in [6.07, 6.45) is -1.08. The van der Waals surface area contributed by atoms with Crippen LogP contribution in [0.2, 0.25) is 0 Å². The van der Waals surface area contributed by atoms with Gasteiger partial charge in [-0.1, -0.05) is 36.4 Å². The lowest BCUT2D eigenvalue weighted by Gasteiger charge is -2.25. The van der Waals surface area contributed by atoms with Gasteiger partial charge in [0.15, 0.2) is 0 Å². The van der Waals surface area contributed by atoms with Gasteiger partial charge in [-0.2, -0.15) is 0 Å². The molecule has 7 heteroatoms. The Bertz CT molecular complexity index is 1030. The van der Waals surface area contributed by atoms with E-state index in [0.29, 0.717) is 34.3 Å². The molecule has 0 saturated carbocycles. The molecule has 0 radical (unpaired) electrons. The van der Waals surface area contributed by atoms with E-state index in [0.717, 1.165) is 11.3 Å². The second kappa shape index (κ2) is 9.82. The van der Waals surface area contributed by atoms with Gasteiger partial charge in [-0.25, -0.2) is 9.18 Å². The van der Waals surface area contributed by atoms with Crippen LogP contribution in [0.15, 0.2) is 48.5 Å². The molecule has 0 aliphatic carbocycles. The number of rotatable bonds is 8. The van der Waals surface area contributed by atoms with Crippen molar-refractivity contribution in [1.29, 1.82) is 0 Å². The maximum absolute atomic E-state index is 14.4. The maximum atomic E-state index is 14.4. The van der Waals surface area contributed by atoms with Crippen LogP contribution in [-0.2, 0) is 20.9 Å². The van der Waals surface area contributed by atoms with E-state index in [9.17, 15) is 14.0 Å². The van der Waals surface area contributed by atoms with Crippen LogP contribution in [0.1, 0.15) is 40.8 Å². The Morgan fingerprint density at radius 1 is 1.07 bits per heavy atom. The van der Waals surface area contributed by atoms with Gasteiger partial charge in [0, 0.05) is 41.4 Å². The number of thiophene rings is 1. The van der Waals surface area contributed by atoms with Crippen LogP contribution in [0, 0.1) is 5.82 Å². The number of carbonyl (C=O) groups excluding carboxylic acids is 2. The van der Waals surface area contributed by atoms with Gasteiger partial charge in [0.05, 0.1) is 6.61 Å². The van der Waals surface area contributed by atoms with Crippen molar-refractivity contribution < 1.29 is 23.5 Å². The van der Waals surface area contributed by atoms with Gasteiger partial charge in [-0.3, -0.25) is 4.79 Å². The standard InChI is InChI=1S/C23H24FNO4S/c1-4-25(5-2)22(26)20(15-10-7-6-8-11-15)29-23(27)21-16(14-28-3)19-17(24)12-9-13-18(19)30-21/h6-13,20H,4-5,14H2,1-3H3/t20-/m0/s1. The van der Waals surface area contributed by atoms with Crippen LogP contribution < -0.4 is 0 Å². The number of ether oxygens (including phenoxy) is 2. The molecule has 0 fully saturated rings. The zero-order valence-electron chi connectivity index (χ0n) is 17.2. The van der Waals surface area contributed by atoms with Crippen LogP contribution in [0.4, 0.5) is 4.39 Å². The molecule has 0 saturated heterocycles. The number of hydrogen-bond acceptors (Lipinski definition) is 5. The first kappa shape index (κ1) is 21.9. The molecule has 5 nitrogen and oxygen atoms in total. The van der Waals surface area contributed by atoms with Gasteiger partial charge in [-0.15, -0.1) is 11.3 Å². The van der Waals surface area contributed by atoms with E-state index in [4.69, 9.17) is 9.47 Å². The van der Waals surface area contributed by atoms with E-state index in [-0.39, 0.29) is 17.4 Å². The third kappa shape index (κ3) is 4.37. The molecule has 1 atom stereocenters. The quantitative estimate of drug-likeness (QED) is 0.475. The Labute approximate surface area is 179 Å². The summed E-state index contributed by atoms with van der Waals surface area (Å²) in [7, 11) is 1.48. The fourth-order valence-corrected chi connectivity index (χ4v) is 4.47. The van der Waals surface area contributed by atoms with E-state index >= 15 is 0 Å². The first-order chi connectivity index (χ1) is 14.5. The van der Waals surface area contributed by atoms with E-state index in [1.165, 1.54) is 13.2 Å². The molecular weight excluding hydrogens is 405 g/mol. The molecule has 158 valence electrons. The van der Waals surface area contributed by atoms with E-state index < -0.39 is 17.9 Å². The maximum Gasteiger partial charge on any atom is 0.349 e. The van der Waals surface area contributed by atoms with Gasteiger partial charge < -0.3 is 14.4 Å². The molecule has 0 spiro atoms. The minimum Gasteiger partial charge on any atom is -0.443 e. The molecule has 0 bridgehead atoms. The number of fused-ring (bicyclic) bond motifs is 1. The van der Waals surface area contributed by atoms with Crippen molar-refractivity contribution in [2.24, 2.45) is 0 Å². The number of methoxy groups -OCH3 is 1. The minimum atomic E-state index is -1.08. The van der Waals surface area contributed by atoms with Crippen molar-refractivity contribution in [1.82, 2.24) is 4.90 Å². The lowest BCUT2D eigenvalue weighted by molar-refractivity contribution is -0.140.